The number of aliphatic hydroxyl groups excluding tert-OH is 3. The molecule has 0 fully saturated rings. The van der Waals surface area contributed by atoms with Gasteiger partial charge in [-0.1, -0.05) is 12.7 Å². The molecule has 0 radical (unpaired) electrons. The molecule has 44 heavy (non-hydrogen) atoms. The van der Waals surface area contributed by atoms with Gasteiger partial charge in [-0.2, -0.15) is 0 Å². The van der Waals surface area contributed by atoms with Gasteiger partial charge in [0, 0.05) is 6.08 Å². The fourth-order valence-corrected chi connectivity index (χ4v) is 2.78. The Hall–Kier alpha value is -2.53. The summed E-state index contributed by atoms with van der Waals surface area (Å²) in [5, 5.41) is 27.8. The molecule has 0 aromatic heterocycles. The third kappa shape index (κ3) is 28.3. The maximum absolute atomic E-state index is 10.5. The minimum absolute atomic E-state index is 0.0128. The van der Waals surface area contributed by atoms with E-state index in [1.807, 2.05) is 0 Å². The molecule has 0 aliphatic heterocycles. The number of hydrogen-bond acceptors (Lipinski definition) is 15. The van der Waals surface area contributed by atoms with E-state index in [-0.39, 0.29) is 37.9 Å². The number of allylic oxidation sites excluding steroid dienone is 1. The molecule has 0 aromatic rings. The number of carbonyl (C=O) groups excluding carboxylic acids is 1. The summed E-state index contributed by atoms with van der Waals surface area (Å²) in [6, 6.07) is 0. The van der Waals surface area contributed by atoms with E-state index < -0.39 is 5.76 Å². The lowest BCUT2D eigenvalue weighted by Gasteiger charge is -2.13. The molecule has 0 bridgehead atoms. The van der Waals surface area contributed by atoms with Gasteiger partial charge in [0.2, 0.25) is 5.76 Å². The summed E-state index contributed by atoms with van der Waals surface area (Å²) < 4.78 is 58.8. The lowest BCUT2D eigenvalue weighted by molar-refractivity contribution is -0.0289. The third-order valence-electron chi connectivity index (χ3n) is 4.83. The van der Waals surface area contributed by atoms with E-state index >= 15 is 0 Å². The van der Waals surface area contributed by atoms with Crippen molar-refractivity contribution < 1.29 is 72.2 Å². The molecule has 0 saturated heterocycles. The number of ether oxygens (including phenoxy) is 11. The zero-order chi connectivity index (χ0) is 32.2. The molecular formula is C29H50O15. The van der Waals surface area contributed by atoms with Crippen molar-refractivity contribution in [3.05, 3.63) is 42.3 Å². The monoisotopic (exact) mass is 638 g/mol. The van der Waals surface area contributed by atoms with E-state index in [0.29, 0.717) is 119 Å². The van der Waals surface area contributed by atoms with Gasteiger partial charge in [-0.05, 0) is 0 Å². The van der Waals surface area contributed by atoms with Crippen molar-refractivity contribution in [1.29, 1.82) is 0 Å². The molecule has 0 saturated carbocycles. The fraction of sp³-hybridized carbons (Fsp3) is 0.724. The van der Waals surface area contributed by atoms with Crippen LogP contribution in [0.15, 0.2) is 42.3 Å². The normalized spacial score (nSPS) is 12.1. The molecule has 256 valence electrons. The maximum atomic E-state index is 10.5. The van der Waals surface area contributed by atoms with Crippen molar-refractivity contribution in [3.8, 4) is 0 Å². The van der Waals surface area contributed by atoms with E-state index in [2.05, 4.69) is 6.58 Å². The second-order valence-corrected chi connectivity index (χ2v) is 8.17. The summed E-state index contributed by atoms with van der Waals surface area (Å²) in [7, 11) is 0. The molecule has 15 heteroatoms. The molecule has 0 rings (SSSR count). The van der Waals surface area contributed by atoms with Crippen molar-refractivity contribution >= 4 is 5.94 Å². The Morgan fingerprint density at radius 3 is 1.20 bits per heavy atom. The first kappa shape index (κ1) is 41.5. The summed E-state index contributed by atoms with van der Waals surface area (Å²) in [4.78, 5) is 10.5. The zero-order valence-corrected chi connectivity index (χ0v) is 25.5. The topological polar surface area (TPSA) is 179 Å². The summed E-state index contributed by atoms with van der Waals surface area (Å²) >= 11 is 0. The van der Waals surface area contributed by atoms with E-state index in [1.54, 1.807) is 0 Å². The van der Waals surface area contributed by atoms with Crippen LogP contribution in [0.2, 0.25) is 0 Å². The molecule has 0 atom stereocenters. The molecule has 0 aromatic carbocycles. The van der Waals surface area contributed by atoms with Gasteiger partial charge in [-0.25, -0.2) is 4.79 Å². The highest BCUT2D eigenvalue weighted by molar-refractivity contribution is 5.56. The second kappa shape index (κ2) is 35.0. The van der Waals surface area contributed by atoms with Crippen LogP contribution in [0.1, 0.15) is 0 Å². The second-order valence-electron chi connectivity index (χ2n) is 8.17. The quantitative estimate of drug-likeness (QED) is 0.0293. The average Bonchev–Trinajstić information content (AvgIpc) is 3.04. The van der Waals surface area contributed by atoms with Gasteiger partial charge >= 0.3 is 5.95 Å². The lowest BCUT2D eigenvalue weighted by atomic mass is 10.2. The number of aliphatic hydroxyl groups is 3. The van der Waals surface area contributed by atoms with Crippen LogP contribution in [-0.4, -0.2) is 160 Å². The van der Waals surface area contributed by atoms with Crippen LogP contribution in [0.4, 0.5) is 0 Å². The Morgan fingerprint density at radius 2 is 0.909 bits per heavy atom. The van der Waals surface area contributed by atoms with Gasteiger partial charge in [-0.3, -0.25) is 0 Å². The van der Waals surface area contributed by atoms with E-state index in [4.69, 9.17) is 62.3 Å². The molecule has 0 amide bonds. The van der Waals surface area contributed by atoms with E-state index in [9.17, 15) is 9.90 Å². The van der Waals surface area contributed by atoms with Crippen LogP contribution in [-0.2, 0) is 56.9 Å². The maximum Gasteiger partial charge on any atom is 0.324 e. The van der Waals surface area contributed by atoms with E-state index in [0.717, 1.165) is 6.08 Å². The first-order valence-electron chi connectivity index (χ1n) is 14.4. The van der Waals surface area contributed by atoms with Crippen molar-refractivity contribution in [2.45, 2.75) is 0 Å². The number of rotatable bonds is 35. The van der Waals surface area contributed by atoms with Crippen LogP contribution in [0, 0.1) is 0 Å². The van der Waals surface area contributed by atoms with Gasteiger partial charge in [0.05, 0.1) is 137 Å². The molecule has 0 aliphatic rings. The number of hydrogen-bond donors (Lipinski definition) is 3. The minimum Gasteiger partial charge on any atom is -0.515 e. The largest absolute Gasteiger partial charge is 0.515 e. The molecule has 15 nitrogen and oxygen atoms in total. The van der Waals surface area contributed by atoms with Gasteiger partial charge in [0.25, 0.3) is 0 Å². The van der Waals surface area contributed by atoms with Crippen molar-refractivity contribution in [2.24, 2.45) is 0 Å². The van der Waals surface area contributed by atoms with Gasteiger partial charge in [-0.15, -0.1) is 0 Å². The summed E-state index contributed by atoms with van der Waals surface area (Å²) in [6.45, 7) is 11.2. The predicted molar refractivity (Wildman–Crippen MR) is 157 cm³/mol. The highest BCUT2D eigenvalue weighted by Crippen LogP contribution is 2.15. The Bertz CT molecular complexity index is 753. The Kier molecular flexibility index (Phi) is 32.9. The Labute approximate surface area is 259 Å². The summed E-state index contributed by atoms with van der Waals surface area (Å²) in [5.41, 5.74) is -0.218. The summed E-state index contributed by atoms with van der Waals surface area (Å²) in [5.74, 6) is 0.605. The minimum atomic E-state index is -0.558. The molecule has 0 spiro atoms. The van der Waals surface area contributed by atoms with Crippen LogP contribution in [0.5, 0.6) is 0 Å². The first-order valence-corrected chi connectivity index (χ1v) is 14.4. The van der Waals surface area contributed by atoms with Gasteiger partial charge in [0.1, 0.15) is 19.2 Å². The van der Waals surface area contributed by atoms with E-state index in [1.165, 1.54) is 12.0 Å². The highest BCUT2D eigenvalue weighted by atomic mass is 16.7. The molecule has 3 N–H and O–H groups in total. The lowest BCUT2D eigenvalue weighted by Crippen LogP contribution is -2.15. The smallest absolute Gasteiger partial charge is 0.324 e. The standard InChI is InChI=1S/C29H50O15/c1-2-6-43-29(28(33)27(26-32)3-4-30)44-25-24-42-23-22-41-21-20-40-19-18-39-17-16-38-15-14-37-13-12-36-11-10-35-9-8-34-7-5-31/h2-3,26,31-33H,1,5-25H2/b27-26+,29-28+. The zero-order valence-electron chi connectivity index (χ0n) is 25.5. The van der Waals surface area contributed by atoms with Crippen LogP contribution in [0.3, 0.4) is 0 Å². The van der Waals surface area contributed by atoms with Crippen molar-refractivity contribution in [1.82, 2.24) is 0 Å². The molecule has 0 aliphatic carbocycles. The first-order chi connectivity index (χ1) is 21.7. The Morgan fingerprint density at radius 1 is 0.568 bits per heavy atom. The fourth-order valence-electron chi connectivity index (χ4n) is 2.78. The van der Waals surface area contributed by atoms with Crippen LogP contribution in [0.25, 0.3) is 0 Å². The van der Waals surface area contributed by atoms with Gasteiger partial charge < -0.3 is 67.4 Å². The summed E-state index contributed by atoms with van der Waals surface area (Å²) in [6.07, 6.45) is 2.80. The van der Waals surface area contributed by atoms with Crippen molar-refractivity contribution in [2.75, 3.05) is 139 Å². The van der Waals surface area contributed by atoms with Gasteiger partial charge in [0.15, 0.2) is 0 Å². The average molecular weight is 639 g/mol. The molecule has 0 unspecified atom stereocenters. The van der Waals surface area contributed by atoms with Crippen LogP contribution < -0.4 is 0 Å². The van der Waals surface area contributed by atoms with Crippen molar-refractivity contribution in [3.63, 3.8) is 0 Å². The van der Waals surface area contributed by atoms with Crippen LogP contribution >= 0.6 is 0 Å². The Balaban J connectivity index is 3.42. The SMILES string of the molecule is C=CCO/C(OCCOCCOCCOCCOCCOCCOCCOCCOCCOCCO)=C(O)/C(C=C=O)=C/O. The highest BCUT2D eigenvalue weighted by Gasteiger charge is 2.13. The predicted octanol–water partition coefficient (Wildman–Crippen LogP) is 0.904. The third-order valence-corrected chi connectivity index (χ3v) is 4.83. The molecular weight excluding hydrogens is 588 g/mol. The molecule has 0 heterocycles.